The van der Waals surface area contributed by atoms with Crippen LogP contribution in [0.1, 0.15) is 23.7 Å². The number of nitrogens with zero attached hydrogens (tertiary/aromatic N) is 6. The Balaban J connectivity index is 1.30. The SMILES string of the molecule is CCOc1ccc(C(=O)N2C3CC2CN(c2ccc4nncn4n2)C3)cc1. The molecule has 2 unspecified atom stereocenters. The number of ether oxygens (including phenoxy) is 1. The maximum absolute atomic E-state index is 12.9. The maximum Gasteiger partial charge on any atom is 0.254 e. The number of rotatable bonds is 4. The summed E-state index contributed by atoms with van der Waals surface area (Å²) in [6.45, 7) is 4.15. The minimum Gasteiger partial charge on any atom is -0.494 e. The second-order valence-corrected chi connectivity index (χ2v) is 6.94. The zero-order valence-electron chi connectivity index (χ0n) is 15.0. The summed E-state index contributed by atoms with van der Waals surface area (Å²) in [7, 11) is 0. The molecule has 0 N–H and O–H groups in total. The average molecular weight is 364 g/mol. The molecule has 3 saturated heterocycles. The van der Waals surface area contributed by atoms with Crippen molar-refractivity contribution in [2.24, 2.45) is 0 Å². The van der Waals surface area contributed by atoms with Gasteiger partial charge in [0, 0.05) is 18.7 Å². The summed E-state index contributed by atoms with van der Waals surface area (Å²) < 4.78 is 7.13. The molecule has 0 aliphatic carbocycles. The highest BCUT2D eigenvalue weighted by molar-refractivity contribution is 5.95. The van der Waals surface area contributed by atoms with Gasteiger partial charge < -0.3 is 14.5 Å². The van der Waals surface area contributed by atoms with E-state index in [9.17, 15) is 4.79 Å². The van der Waals surface area contributed by atoms with Crippen LogP contribution in [0.3, 0.4) is 0 Å². The topological polar surface area (TPSA) is 75.9 Å². The van der Waals surface area contributed by atoms with Crippen molar-refractivity contribution in [2.75, 3.05) is 24.6 Å². The van der Waals surface area contributed by atoms with Crippen molar-refractivity contribution in [2.45, 2.75) is 25.4 Å². The Labute approximate surface area is 156 Å². The molecule has 5 heterocycles. The molecule has 1 amide bonds. The van der Waals surface area contributed by atoms with Crippen molar-refractivity contribution in [3.8, 4) is 5.75 Å². The average Bonchev–Trinajstić information content (AvgIpc) is 3.16. The molecular formula is C19H20N6O2. The van der Waals surface area contributed by atoms with Crippen LogP contribution in [0.2, 0.25) is 0 Å². The molecule has 0 spiro atoms. The number of hydrogen-bond acceptors (Lipinski definition) is 6. The summed E-state index contributed by atoms with van der Waals surface area (Å²) >= 11 is 0. The Kier molecular flexibility index (Phi) is 3.70. The number of piperazine rings is 1. The van der Waals surface area contributed by atoms with Crippen molar-refractivity contribution >= 4 is 17.4 Å². The fourth-order valence-corrected chi connectivity index (χ4v) is 4.02. The summed E-state index contributed by atoms with van der Waals surface area (Å²) in [5.74, 6) is 1.78. The number of carbonyl (C=O) groups is 1. The Morgan fingerprint density at radius 2 is 1.93 bits per heavy atom. The van der Waals surface area contributed by atoms with Crippen LogP contribution in [0.5, 0.6) is 5.75 Å². The third kappa shape index (κ3) is 2.68. The molecule has 3 aromatic rings. The maximum atomic E-state index is 12.9. The van der Waals surface area contributed by atoms with E-state index in [2.05, 4.69) is 20.2 Å². The standard InChI is InChI=1S/C19H20N6O2/c1-2-27-16-5-3-13(4-6-16)19(26)25-14-9-15(25)11-23(10-14)18-8-7-17-21-20-12-24(17)22-18/h3-8,12,14-15H,2,9-11H2,1H3. The van der Waals surface area contributed by atoms with Gasteiger partial charge in [-0.25, -0.2) is 0 Å². The third-order valence-electron chi connectivity index (χ3n) is 5.31. The number of aromatic nitrogens is 4. The van der Waals surface area contributed by atoms with Crippen molar-refractivity contribution in [1.82, 2.24) is 24.7 Å². The Morgan fingerprint density at radius 1 is 1.15 bits per heavy atom. The number of piperidine rings is 1. The van der Waals surface area contributed by atoms with E-state index in [1.54, 1.807) is 10.8 Å². The molecule has 2 bridgehead atoms. The predicted octanol–water partition coefficient (Wildman–Crippen LogP) is 1.63. The van der Waals surface area contributed by atoms with E-state index in [1.807, 2.05) is 48.2 Å². The van der Waals surface area contributed by atoms with Crippen LogP contribution in [0.15, 0.2) is 42.7 Å². The number of anilines is 1. The lowest BCUT2D eigenvalue weighted by molar-refractivity contribution is 0.00572. The molecule has 6 rings (SSSR count). The molecule has 138 valence electrons. The largest absolute Gasteiger partial charge is 0.494 e. The first-order chi connectivity index (χ1) is 13.2. The lowest BCUT2D eigenvalue weighted by Gasteiger charge is -2.56. The van der Waals surface area contributed by atoms with E-state index in [1.165, 1.54) is 0 Å². The monoisotopic (exact) mass is 364 g/mol. The molecule has 2 aromatic heterocycles. The normalized spacial score (nSPS) is 21.2. The molecule has 1 aromatic carbocycles. The highest BCUT2D eigenvalue weighted by Crippen LogP contribution is 2.35. The van der Waals surface area contributed by atoms with Gasteiger partial charge in [0.05, 0.1) is 18.7 Å². The van der Waals surface area contributed by atoms with Crippen LogP contribution >= 0.6 is 0 Å². The molecule has 3 aliphatic heterocycles. The van der Waals surface area contributed by atoms with Crippen LogP contribution < -0.4 is 9.64 Å². The Morgan fingerprint density at radius 3 is 2.67 bits per heavy atom. The van der Waals surface area contributed by atoms with Crippen LogP contribution in [-0.4, -0.2) is 62.4 Å². The molecule has 0 radical (unpaired) electrons. The Hall–Kier alpha value is -3.16. The van der Waals surface area contributed by atoms with Gasteiger partial charge in [-0.3, -0.25) is 4.79 Å². The van der Waals surface area contributed by atoms with Gasteiger partial charge in [-0.05, 0) is 49.7 Å². The number of hydrogen-bond donors (Lipinski definition) is 0. The van der Waals surface area contributed by atoms with Crippen molar-refractivity contribution in [3.63, 3.8) is 0 Å². The summed E-state index contributed by atoms with van der Waals surface area (Å²) in [5.41, 5.74) is 1.44. The summed E-state index contributed by atoms with van der Waals surface area (Å²) in [5, 5.41) is 12.4. The van der Waals surface area contributed by atoms with E-state index in [4.69, 9.17) is 4.74 Å². The first-order valence-electron chi connectivity index (χ1n) is 9.20. The van der Waals surface area contributed by atoms with E-state index < -0.39 is 0 Å². The fraction of sp³-hybridized carbons (Fsp3) is 0.368. The van der Waals surface area contributed by atoms with Crippen LogP contribution in [0.4, 0.5) is 5.82 Å². The van der Waals surface area contributed by atoms with Gasteiger partial charge in [0.2, 0.25) is 0 Å². The first kappa shape index (κ1) is 16.0. The molecule has 0 saturated carbocycles. The van der Waals surface area contributed by atoms with Gasteiger partial charge in [0.15, 0.2) is 5.65 Å². The van der Waals surface area contributed by atoms with E-state index in [-0.39, 0.29) is 18.0 Å². The summed E-state index contributed by atoms with van der Waals surface area (Å²) in [6.07, 6.45) is 2.65. The summed E-state index contributed by atoms with van der Waals surface area (Å²) in [4.78, 5) is 17.2. The molecule has 27 heavy (non-hydrogen) atoms. The van der Waals surface area contributed by atoms with Crippen molar-refractivity contribution in [3.05, 3.63) is 48.3 Å². The van der Waals surface area contributed by atoms with Gasteiger partial charge in [-0.2, -0.15) is 4.52 Å². The zero-order valence-corrected chi connectivity index (χ0v) is 15.0. The molecule has 3 fully saturated rings. The van der Waals surface area contributed by atoms with E-state index in [0.29, 0.717) is 12.2 Å². The van der Waals surface area contributed by atoms with Crippen molar-refractivity contribution < 1.29 is 9.53 Å². The second-order valence-electron chi connectivity index (χ2n) is 6.94. The molecule has 8 nitrogen and oxygen atoms in total. The lowest BCUT2D eigenvalue weighted by atomic mass is 9.86. The molecule has 2 atom stereocenters. The van der Waals surface area contributed by atoms with Crippen LogP contribution in [0, 0.1) is 0 Å². The minimum atomic E-state index is 0.0983. The molecular weight excluding hydrogens is 344 g/mol. The number of carbonyl (C=O) groups excluding carboxylic acids is 1. The van der Waals surface area contributed by atoms with Gasteiger partial charge in [-0.15, -0.1) is 15.3 Å². The van der Waals surface area contributed by atoms with Gasteiger partial charge in [0.25, 0.3) is 5.91 Å². The predicted molar refractivity (Wildman–Crippen MR) is 99.0 cm³/mol. The molecule has 3 aliphatic rings. The number of benzene rings is 1. The van der Waals surface area contributed by atoms with Crippen LogP contribution in [0.25, 0.3) is 5.65 Å². The first-order valence-corrected chi connectivity index (χ1v) is 9.20. The third-order valence-corrected chi connectivity index (χ3v) is 5.31. The highest BCUT2D eigenvalue weighted by atomic mass is 16.5. The van der Waals surface area contributed by atoms with Crippen molar-refractivity contribution in [1.29, 1.82) is 0 Å². The highest BCUT2D eigenvalue weighted by Gasteiger charge is 2.47. The number of amides is 1. The van der Waals surface area contributed by atoms with Gasteiger partial charge >= 0.3 is 0 Å². The van der Waals surface area contributed by atoms with Crippen LogP contribution in [-0.2, 0) is 0 Å². The summed E-state index contributed by atoms with van der Waals surface area (Å²) in [6, 6.07) is 11.7. The smallest absolute Gasteiger partial charge is 0.254 e. The second kappa shape index (κ2) is 6.22. The lowest BCUT2D eigenvalue weighted by Crippen LogP contribution is -2.70. The minimum absolute atomic E-state index is 0.0983. The van der Waals surface area contributed by atoms with E-state index >= 15 is 0 Å². The van der Waals surface area contributed by atoms with E-state index in [0.717, 1.165) is 36.7 Å². The molecule has 8 heteroatoms. The quantitative estimate of drug-likeness (QED) is 0.700. The zero-order chi connectivity index (χ0) is 18.4. The Bertz CT molecular complexity index is 973. The van der Waals surface area contributed by atoms with Gasteiger partial charge in [0.1, 0.15) is 17.9 Å². The fourth-order valence-electron chi connectivity index (χ4n) is 4.02. The van der Waals surface area contributed by atoms with Gasteiger partial charge in [-0.1, -0.05) is 0 Å². The number of fused-ring (bicyclic) bond motifs is 3.